The SMILES string of the molecule is Oc1ccc2nc(-c3ccc(-c4nc5ccccc5[nH]4)cc3)[nH]c2c1O. The van der Waals surface area contributed by atoms with Crippen LogP contribution in [0.25, 0.3) is 44.8 Å². The van der Waals surface area contributed by atoms with Gasteiger partial charge in [0.25, 0.3) is 0 Å². The van der Waals surface area contributed by atoms with Crippen molar-refractivity contribution < 1.29 is 10.2 Å². The maximum atomic E-state index is 9.95. The maximum Gasteiger partial charge on any atom is 0.183 e. The number of phenols is 2. The van der Waals surface area contributed by atoms with E-state index in [4.69, 9.17) is 0 Å². The van der Waals surface area contributed by atoms with Gasteiger partial charge in [-0.2, -0.15) is 0 Å². The van der Waals surface area contributed by atoms with Gasteiger partial charge < -0.3 is 20.2 Å². The predicted molar refractivity (Wildman–Crippen MR) is 99.9 cm³/mol. The summed E-state index contributed by atoms with van der Waals surface area (Å²) in [5.74, 6) is 1.06. The van der Waals surface area contributed by atoms with Crippen molar-refractivity contribution in [2.75, 3.05) is 0 Å². The predicted octanol–water partition coefficient (Wildman–Crippen LogP) is 4.18. The molecule has 0 amide bonds. The van der Waals surface area contributed by atoms with Gasteiger partial charge in [0.1, 0.15) is 17.2 Å². The van der Waals surface area contributed by atoms with Crippen molar-refractivity contribution in [2.45, 2.75) is 0 Å². The van der Waals surface area contributed by atoms with Crippen LogP contribution in [0.15, 0.2) is 60.7 Å². The zero-order valence-corrected chi connectivity index (χ0v) is 13.6. The molecule has 6 nitrogen and oxygen atoms in total. The summed E-state index contributed by atoms with van der Waals surface area (Å²) in [7, 11) is 0. The molecule has 2 aromatic heterocycles. The van der Waals surface area contributed by atoms with Gasteiger partial charge in [0.15, 0.2) is 11.5 Å². The number of aromatic nitrogens is 4. The van der Waals surface area contributed by atoms with Crippen molar-refractivity contribution in [2.24, 2.45) is 0 Å². The molecule has 0 spiro atoms. The lowest BCUT2D eigenvalue weighted by Crippen LogP contribution is -1.83. The Morgan fingerprint density at radius 2 is 1.31 bits per heavy atom. The molecule has 6 heteroatoms. The molecule has 2 heterocycles. The molecule has 0 saturated heterocycles. The first-order valence-corrected chi connectivity index (χ1v) is 8.15. The number of benzene rings is 3. The van der Waals surface area contributed by atoms with E-state index >= 15 is 0 Å². The van der Waals surface area contributed by atoms with Crippen LogP contribution < -0.4 is 0 Å². The van der Waals surface area contributed by atoms with E-state index in [9.17, 15) is 10.2 Å². The number of para-hydroxylation sites is 2. The average Bonchev–Trinajstić information content (AvgIpc) is 3.29. The molecule has 0 aliphatic rings. The Morgan fingerprint density at radius 1 is 0.654 bits per heavy atom. The number of aromatic amines is 2. The monoisotopic (exact) mass is 342 g/mol. The van der Waals surface area contributed by atoms with Crippen LogP contribution in [-0.4, -0.2) is 30.1 Å². The molecule has 0 aliphatic heterocycles. The molecular formula is C20H14N4O2. The first-order chi connectivity index (χ1) is 12.7. The summed E-state index contributed by atoms with van der Waals surface area (Å²) in [6, 6.07) is 18.8. The molecule has 5 rings (SSSR count). The molecule has 3 aromatic carbocycles. The van der Waals surface area contributed by atoms with Crippen LogP contribution in [0.3, 0.4) is 0 Å². The summed E-state index contributed by atoms with van der Waals surface area (Å²) in [4.78, 5) is 15.4. The Kier molecular flexibility index (Phi) is 2.99. The second-order valence-electron chi connectivity index (χ2n) is 6.09. The number of hydrogen-bond donors (Lipinski definition) is 4. The van der Waals surface area contributed by atoms with Gasteiger partial charge in [0.05, 0.1) is 16.6 Å². The Balaban J connectivity index is 1.54. The maximum absolute atomic E-state index is 9.95. The van der Waals surface area contributed by atoms with Gasteiger partial charge in [0.2, 0.25) is 0 Å². The van der Waals surface area contributed by atoms with Gasteiger partial charge in [-0.25, -0.2) is 9.97 Å². The first-order valence-electron chi connectivity index (χ1n) is 8.15. The molecule has 0 bridgehead atoms. The number of H-pyrrole nitrogens is 2. The van der Waals surface area contributed by atoms with E-state index in [1.54, 1.807) is 6.07 Å². The number of phenolic OH excluding ortho intramolecular Hbond substituents is 2. The van der Waals surface area contributed by atoms with E-state index in [0.717, 1.165) is 28.0 Å². The molecule has 4 N–H and O–H groups in total. The Hall–Kier alpha value is -3.80. The lowest BCUT2D eigenvalue weighted by molar-refractivity contribution is 0.407. The molecule has 126 valence electrons. The van der Waals surface area contributed by atoms with Gasteiger partial charge in [-0.1, -0.05) is 36.4 Å². The van der Waals surface area contributed by atoms with Gasteiger partial charge in [-0.3, -0.25) is 0 Å². The second kappa shape index (κ2) is 5.35. The highest BCUT2D eigenvalue weighted by atomic mass is 16.3. The van der Waals surface area contributed by atoms with E-state index in [-0.39, 0.29) is 11.5 Å². The number of aromatic hydroxyl groups is 2. The molecule has 0 aliphatic carbocycles. The third kappa shape index (κ3) is 2.20. The minimum atomic E-state index is -0.194. The second-order valence-corrected chi connectivity index (χ2v) is 6.09. The van der Waals surface area contributed by atoms with Crippen molar-refractivity contribution in [1.82, 2.24) is 19.9 Å². The summed E-state index contributed by atoms with van der Waals surface area (Å²) in [6.07, 6.45) is 0. The number of nitrogens with one attached hydrogen (secondary N) is 2. The van der Waals surface area contributed by atoms with Crippen LogP contribution in [0.4, 0.5) is 0 Å². The zero-order valence-electron chi connectivity index (χ0n) is 13.6. The van der Waals surface area contributed by atoms with E-state index in [0.29, 0.717) is 16.9 Å². The summed E-state index contributed by atoms with van der Waals surface area (Å²) in [5.41, 5.74) is 4.79. The molecular weight excluding hydrogens is 328 g/mol. The van der Waals surface area contributed by atoms with Crippen LogP contribution >= 0.6 is 0 Å². The standard InChI is InChI=1S/C20H14N4O2/c25-16-10-9-15-17(18(16)26)24-20(23-15)12-7-5-11(6-8-12)19-21-13-3-1-2-4-14(13)22-19/h1-10,25-26H,(H,21,22)(H,23,24). The highest BCUT2D eigenvalue weighted by molar-refractivity contribution is 5.87. The smallest absolute Gasteiger partial charge is 0.183 e. The fourth-order valence-electron chi connectivity index (χ4n) is 3.06. The molecule has 0 unspecified atom stereocenters. The van der Waals surface area contributed by atoms with Crippen molar-refractivity contribution in [3.8, 4) is 34.3 Å². The van der Waals surface area contributed by atoms with Crippen molar-refractivity contribution >= 4 is 22.1 Å². The quantitative estimate of drug-likeness (QED) is 0.362. The number of nitrogens with zero attached hydrogens (tertiary/aromatic N) is 2. The molecule has 0 saturated carbocycles. The van der Waals surface area contributed by atoms with E-state index in [2.05, 4.69) is 19.9 Å². The van der Waals surface area contributed by atoms with Gasteiger partial charge in [-0.15, -0.1) is 0 Å². The van der Waals surface area contributed by atoms with Crippen molar-refractivity contribution in [3.63, 3.8) is 0 Å². The third-order valence-electron chi connectivity index (χ3n) is 4.43. The molecule has 0 radical (unpaired) electrons. The minimum Gasteiger partial charge on any atom is -0.504 e. The van der Waals surface area contributed by atoms with Crippen molar-refractivity contribution in [1.29, 1.82) is 0 Å². The van der Waals surface area contributed by atoms with E-state index in [1.807, 2.05) is 48.5 Å². The van der Waals surface area contributed by atoms with Crippen LogP contribution in [-0.2, 0) is 0 Å². The lowest BCUT2D eigenvalue weighted by Gasteiger charge is -2.00. The normalized spacial score (nSPS) is 11.4. The number of hydrogen-bond acceptors (Lipinski definition) is 4. The highest BCUT2D eigenvalue weighted by Gasteiger charge is 2.12. The summed E-state index contributed by atoms with van der Waals surface area (Å²) >= 11 is 0. The minimum absolute atomic E-state index is 0.173. The highest BCUT2D eigenvalue weighted by Crippen LogP contribution is 2.34. The van der Waals surface area contributed by atoms with Crippen LogP contribution in [0.2, 0.25) is 0 Å². The first kappa shape index (κ1) is 14.5. The van der Waals surface area contributed by atoms with Gasteiger partial charge in [0, 0.05) is 11.1 Å². The molecule has 5 aromatic rings. The van der Waals surface area contributed by atoms with Crippen LogP contribution in [0, 0.1) is 0 Å². The van der Waals surface area contributed by atoms with Crippen molar-refractivity contribution in [3.05, 3.63) is 60.7 Å². The average molecular weight is 342 g/mol. The largest absolute Gasteiger partial charge is 0.504 e. The third-order valence-corrected chi connectivity index (χ3v) is 4.43. The fraction of sp³-hybridized carbons (Fsp3) is 0. The topological polar surface area (TPSA) is 97.8 Å². The molecule has 26 heavy (non-hydrogen) atoms. The fourth-order valence-corrected chi connectivity index (χ4v) is 3.06. The molecule has 0 atom stereocenters. The van der Waals surface area contributed by atoms with Gasteiger partial charge in [-0.05, 0) is 24.3 Å². The number of rotatable bonds is 2. The van der Waals surface area contributed by atoms with Crippen LogP contribution in [0.1, 0.15) is 0 Å². The van der Waals surface area contributed by atoms with Gasteiger partial charge >= 0.3 is 0 Å². The Bertz CT molecular complexity index is 1220. The summed E-state index contributed by atoms with van der Waals surface area (Å²) in [5, 5.41) is 19.6. The zero-order chi connectivity index (χ0) is 17.7. The molecule has 0 fully saturated rings. The van der Waals surface area contributed by atoms with Crippen LogP contribution in [0.5, 0.6) is 11.5 Å². The summed E-state index contributed by atoms with van der Waals surface area (Å²) < 4.78 is 0. The Morgan fingerprint density at radius 3 is 2.04 bits per heavy atom. The van der Waals surface area contributed by atoms with E-state index in [1.165, 1.54) is 6.07 Å². The number of fused-ring (bicyclic) bond motifs is 2. The van der Waals surface area contributed by atoms with E-state index < -0.39 is 0 Å². The lowest BCUT2D eigenvalue weighted by atomic mass is 10.1. The Labute approximate surface area is 147 Å². The number of imidazole rings is 2. The summed E-state index contributed by atoms with van der Waals surface area (Å²) in [6.45, 7) is 0.